The largest absolute Gasteiger partial charge is 0.379 e. The Morgan fingerprint density at radius 1 is 1.50 bits per heavy atom. The zero-order valence-corrected chi connectivity index (χ0v) is 9.09. The molecule has 0 radical (unpaired) electrons. The van der Waals surface area contributed by atoms with E-state index in [9.17, 15) is 0 Å². The molecule has 2 saturated carbocycles. The molecule has 2 aliphatic rings. The molecular weight excluding hydrogens is 176 g/mol. The van der Waals surface area contributed by atoms with Gasteiger partial charge in [0.1, 0.15) is 0 Å². The molecule has 2 fully saturated rings. The van der Waals surface area contributed by atoms with Crippen molar-refractivity contribution in [3.63, 3.8) is 0 Å². The van der Waals surface area contributed by atoms with Gasteiger partial charge in [-0.15, -0.1) is 0 Å². The van der Waals surface area contributed by atoms with Gasteiger partial charge in [-0.05, 0) is 37.0 Å². The molecule has 2 aliphatic carbocycles. The van der Waals surface area contributed by atoms with Crippen LogP contribution in [0.4, 0.5) is 0 Å². The van der Waals surface area contributed by atoms with Gasteiger partial charge in [-0.2, -0.15) is 0 Å². The van der Waals surface area contributed by atoms with Crippen LogP contribution >= 0.6 is 0 Å². The lowest BCUT2D eigenvalue weighted by Gasteiger charge is -2.18. The van der Waals surface area contributed by atoms with E-state index in [1.807, 2.05) is 0 Å². The highest BCUT2D eigenvalue weighted by atomic mass is 16.5. The molecule has 0 aliphatic heterocycles. The third-order valence-electron chi connectivity index (χ3n) is 3.78. The Labute approximate surface area is 86.4 Å². The van der Waals surface area contributed by atoms with E-state index in [-0.39, 0.29) is 6.10 Å². The van der Waals surface area contributed by atoms with Crippen molar-refractivity contribution in [1.82, 2.24) is 5.32 Å². The summed E-state index contributed by atoms with van der Waals surface area (Å²) in [5, 5.41) is 3.51. The zero-order valence-electron chi connectivity index (χ0n) is 9.09. The van der Waals surface area contributed by atoms with E-state index in [1.165, 1.54) is 32.2 Å². The summed E-state index contributed by atoms with van der Waals surface area (Å²) in [6, 6.07) is 0. The van der Waals surface area contributed by atoms with E-state index in [0.29, 0.717) is 12.0 Å². The minimum absolute atomic E-state index is 0.185. The van der Waals surface area contributed by atoms with Crippen molar-refractivity contribution in [3.05, 3.63) is 0 Å². The smallest absolute Gasteiger partial charge is 0.0817 e. The van der Waals surface area contributed by atoms with Crippen LogP contribution in [0.5, 0.6) is 0 Å². The molecule has 0 saturated heterocycles. The molecule has 0 aromatic heterocycles. The van der Waals surface area contributed by atoms with Gasteiger partial charge in [0.25, 0.3) is 0 Å². The lowest BCUT2D eigenvalue weighted by molar-refractivity contribution is 0.107. The second-order valence-corrected chi connectivity index (χ2v) is 4.86. The first kappa shape index (κ1) is 10.4. The van der Waals surface area contributed by atoms with Gasteiger partial charge >= 0.3 is 0 Å². The van der Waals surface area contributed by atoms with Gasteiger partial charge in [0.05, 0.1) is 6.10 Å². The topological polar surface area (TPSA) is 47.3 Å². The van der Waals surface area contributed by atoms with Crippen LogP contribution in [0, 0.1) is 11.3 Å². The van der Waals surface area contributed by atoms with E-state index in [0.717, 1.165) is 12.5 Å². The Balaban J connectivity index is 1.62. The van der Waals surface area contributed by atoms with E-state index >= 15 is 0 Å². The van der Waals surface area contributed by atoms with E-state index in [2.05, 4.69) is 5.32 Å². The quantitative estimate of drug-likeness (QED) is 0.634. The van der Waals surface area contributed by atoms with Crippen LogP contribution in [0.25, 0.3) is 0 Å². The first-order chi connectivity index (χ1) is 6.80. The predicted octanol–water partition coefficient (Wildman–Crippen LogP) is 0.740. The predicted molar refractivity (Wildman–Crippen MR) is 57.1 cm³/mol. The molecule has 2 rings (SSSR count). The summed E-state index contributed by atoms with van der Waals surface area (Å²) in [5.74, 6) is 1.04. The minimum atomic E-state index is 0.185. The van der Waals surface area contributed by atoms with Gasteiger partial charge in [-0.25, -0.2) is 0 Å². The van der Waals surface area contributed by atoms with Crippen LogP contribution in [-0.2, 0) is 4.74 Å². The van der Waals surface area contributed by atoms with Gasteiger partial charge in [-0.1, -0.05) is 0 Å². The van der Waals surface area contributed by atoms with Crippen LogP contribution in [0.3, 0.4) is 0 Å². The van der Waals surface area contributed by atoms with Gasteiger partial charge in [0, 0.05) is 26.7 Å². The second kappa shape index (κ2) is 4.17. The summed E-state index contributed by atoms with van der Waals surface area (Å²) in [6.07, 6.45) is 5.99. The number of methoxy groups -OCH3 is 1. The lowest BCUT2D eigenvalue weighted by atomic mass is 10.0. The maximum Gasteiger partial charge on any atom is 0.0817 e. The fourth-order valence-corrected chi connectivity index (χ4v) is 2.33. The zero-order chi connectivity index (χ0) is 10.0. The number of rotatable bonds is 7. The van der Waals surface area contributed by atoms with Crippen molar-refractivity contribution < 1.29 is 4.74 Å². The van der Waals surface area contributed by atoms with Gasteiger partial charge in [-0.3, -0.25) is 0 Å². The monoisotopic (exact) mass is 198 g/mol. The Bertz CT molecular complexity index is 184. The summed E-state index contributed by atoms with van der Waals surface area (Å²) in [5.41, 5.74) is 6.24. The standard InChI is InChI=1S/C11H22N2O/c1-14-10(6-12)7-13-8-11(4-5-11)9-2-3-9/h9-10,13H,2-8,12H2,1H3. The number of hydrogen-bond donors (Lipinski definition) is 2. The summed E-state index contributed by atoms with van der Waals surface area (Å²) < 4.78 is 5.22. The highest BCUT2D eigenvalue weighted by molar-refractivity contribution is 5.05. The van der Waals surface area contributed by atoms with Crippen LogP contribution in [0.1, 0.15) is 25.7 Å². The summed E-state index contributed by atoms with van der Waals surface area (Å²) in [4.78, 5) is 0. The normalized spacial score (nSPS) is 26.1. The summed E-state index contributed by atoms with van der Waals surface area (Å²) in [7, 11) is 1.73. The minimum Gasteiger partial charge on any atom is -0.379 e. The molecule has 3 N–H and O–H groups in total. The number of ether oxygens (including phenoxy) is 1. The van der Waals surface area contributed by atoms with Crippen molar-refractivity contribution in [1.29, 1.82) is 0 Å². The third-order valence-corrected chi connectivity index (χ3v) is 3.78. The van der Waals surface area contributed by atoms with E-state index < -0.39 is 0 Å². The Morgan fingerprint density at radius 3 is 2.64 bits per heavy atom. The van der Waals surface area contributed by atoms with Crippen molar-refractivity contribution in [2.24, 2.45) is 17.1 Å². The summed E-state index contributed by atoms with van der Waals surface area (Å²) >= 11 is 0. The molecule has 0 bridgehead atoms. The molecule has 0 amide bonds. The first-order valence-electron chi connectivity index (χ1n) is 5.74. The van der Waals surface area contributed by atoms with Crippen LogP contribution < -0.4 is 11.1 Å². The SMILES string of the molecule is COC(CN)CNCC1(C2CC2)CC1. The molecule has 82 valence electrons. The maximum atomic E-state index is 5.56. The lowest BCUT2D eigenvalue weighted by Crippen LogP contribution is -2.37. The van der Waals surface area contributed by atoms with Crippen LogP contribution in [0.15, 0.2) is 0 Å². The molecule has 1 atom stereocenters. The second-order valence-electron chi connectivity index (χ2n) is 4.86. The van der Waals surface area contributed by atoms with Gasteiger partial charge in [0.15, 0.2) is 0 Å². The van der Waals surface area contributed by atoms with E-state index in [1.54, 1.807) is 7.11 Å². The first-order valence-corrected chi connectivity index (χ1v) is 5.74. The van der Waals surface area contributed by atoms with Crippen molar-refractivity contribution in [3.8, 4) is 0 Å². The van der Waals surface area contributed by atoms with Crippen LogP contribution in [-0.4, -0.2) is 32.8 Å². The number of nitrogens with two attached hydrogens (primary N) is 1. The highest BCUT2D eigenvalue weighted by Crippen LogP contribution is 2.60. The van der Waals surface area contributed by atoms with Crippen molar-refractivity contribution >= 4 is 0 Å². The molecule has 3 heteroatoms. The fraction of sp³-hybridized carbons (Fsp3) is 1.00. The van der Waals surface area contributed by atoms with Gasteiger partial charge in [0.2, 0.25) is 0 Å². The molecule has 0 heterocycles. The average Bonchev–Trinajstić information content (AvgIpc) is 3.03. The maximum absolute atomic E-state index is 5.56. The fourth-order valence-electron chi connectivity index (χ4n) is 2.33. The van der Waals surface area contributed by atoms with Gasteiger partial charge < -0.3 is 15.8 Å². The van der Waals surface area contributed by atoms with E-state index in [4.69, 9.17) is 10.5 Å². The molecule has 0 aromatic carbocycles. The molecule has 0 aromatic rings. The highest BCUT2D eigenvalue weighted by Gasteiger charge is 2.53. The van der Waals surface area contributed by atoms with Crippen LogP contribution in [0.2, 0.25) is 0 Å². The van der Waals surface area contributed by atoms with Crippen molar-refractivity contribution in [2.75, 3.05) is 26.7 Å². The van der Waals surface area contributed by atoms with Crippen molar-refractivity contribution in [2.45, 2.75) is 31.8 Å². The average molecular weight is 198 g/mol. The number of hydrogen-bond acceptors (Lipinski definition) is 3. The Morgan fingerprint density at radius 2 is 2.21 bits per heavy atom. The third kappa shape index (κ3) is 2.27. The number of nitrogens with one attached hydrogen (secondary N) is 1. The molecule has 3 nitrogen and oxygen atoms in total. The Kier molecular flexibility index (Phi) is 3.10. The Hall–Kier alpha value is -0.120. The summed E-state index contributed by atoms with van der Waals surface area (Å²) in [6.45, 7) is 2.69. The molecule has 14 heavy (non-hydrogen) atoms. The molecular formula is C11H22N2O. The molecule has 0 spiro atoms. The molecule has 1 unspecified atom stereocenters.